The van der Waals surface area contributed by atoms with Crippen molar-refractivity contribution in [1.29, 1.82) is 0 Å². The van der Waals surface area contributed by atoms with Gasteiger partial charge in [0.2, 0.25) is 5.91 Å². The van der Waals surface area contributed by atoms with Gasteiger partial charge in [0, 0.05) is 18.4 Å². The second-order valence-electron chi connectivity index (χ2n) is 7.66. The van der Waals surface area contributed by atoms with Crippen molar-refractivity contribution >= 4 is 17.2 Å². The van der Waals surface area contributed by atoms with E-state index < -0.39 is 0 Å². The second-order valence-corrected chi connectivity index (χ2v) is 7.66. The van der Waals surface area contributed by atoms with Crippen LogP contribution in [0.4, 0.5) is 5.69 Å². The highest BCUT2D eigenvalue weighted by Crippen LogP contribution is 2.22. The predicted octanol–water partition coefficient (Wildman–Crippen LogP) is 3.61. The van der Waals surface area contributed by atoms with Gasteiger partial charge in [0.25, 0.3) is 0 Å². The number of fused-ring (bicyclic) bond motifs is 2. The summed E-state index contributed by atoms with van der Waals surface area (Å²) in [5.74, 6) is -0.00541. The topological polar surface area (TPSA) is 71.3 Å². The molecule has 0 saturated heterocycles. The number of anilines is 1. The third-order valence-electron chi connectivity index (χ3n) is 5.54. The van der Waals surface area contributed by atoms with E-state index in [1.165, 1.54) is 11.1 Å². The largest absolute Gasteiger partial charge is 0.326 e. The van der Waals surface area contributed by atoms with Crippen molar-refractivity contribution in [3.05, 3.63) is 83.8 Å². The van der Waals surface area contributed by atoms with Crippen LogP contribution in [-0.2, 0) is 24.2 Å². The zero-order valence-electron chi connectivity index (χ0n) is 16.6. The van der Waals surface area contributed by atoms with Gasteiger partial charge in [-0.2, -0.15) is 5.10 Å². The second kappa shape index (κ2) is 8.08. The van der Waals surface area contributed by atoms with Crippen molar-refractivity contribution in [2.75, 3.05) is 11.9 Å². The van der Waals surface area contributed by atoms with Crippen molar-refractivity contribution in [3.8, 4) is 11.1 Å². The van der Waals surface area contributed by atoms with Gasteiger partial charge in [0.05, 0.1) is 6.42 Å². The lowest BCUT2D eigenvalue weighted by molar-refractivity contribution is -0.115. The minimum Gasteiger partial charge on any atom is -0.326 e. The Morgan fingerprint density at radius 1 is 1.03 bits per heavy atom. The first-order chi connectivity index (χ1) is 14.7. The molecule has 2 aromatic carbocycles. The number of hydrogen-bond acceptors (Lipinski definition) is 4. The van der Waals surface area contributed by atoms with E-state index >= 15 is 0 Å². The Kier molecular flexibility index (Phi) is 4.99. The number of amides is 1. The lowest BCUT2D eigenvalue weighted by atomic mass is 10.0. The van der Waals surface area contributed by atoms with Gasteiger partial charge >= 0.3 is 0 Å². The summed E-state index contributed by atoms with van der Waals surface area (Å²) < 4.78 is 1.74. The van der Waals surface area contributed by atoms with Crippen LogP contribution < -0.4 is 10.6 Å². The highest BCUT2D eigenvalue weighted by atomic mass is 16.1. The SMILES string of the molecule is O=C(Cc1ccc(-c2ccn3ncnc3c2)cc1)Nc1ccc2c(c1)CNCCC2. The molecule has 0 spiro atoms. The molecule has 30 heavy (non-hydrogen) atoms. The van der Waals surface area contributed by atoms with Crippen LogP contribution in [0.3, 0.4) is 0 Å². The number of aryl methyl sites for hydroxylation is 1. The molecule has 6 nitrogen and oxygen atoms in total. The monoisotopic (exact) mass is 397 g/mol. The number of nitrogens with zero attached hydrogens (tertiary/aromatic N) is 3. The Bertz CT molecular complexity index is 1200. The molecule has 0 unspecified atom stereocenters. The van der Waals surface area contributed by atoms with Gasteiger partial charge in [0.15, 0.2) is 5.65 Å². The van der Waals surface area contributed by atoms with E-state index in [2.05, 4.69) is 32.8 Å². The molecular formula is C24H23N5O. The highest BCUT2D eigenvalue weighted by molar-refractivity contribution is 5.92. The van der Waals surface area contributed by atoms with Crippen LogP contribution in [-0.4, -0.2) is 27.0 Å². The van der Waals surface area contributed by atoms with Gasteiger partial charge in [-0.1, -0.05) is 30.3 Å². The molecule has 6 heteroatoms. The quantitative estimate of drug-likeness (QED) is 0.552. The number of rotatable bonds is 4. The van der Waals surface area contributed by atoms with Crippen LogP contribution in [0.25, 0.3) is 16.8 Å². The summed E-state index contributed by atoms with van der Waals surface area (Å²) in [6.07, 6.45) is 6.03. The summed E-state index contributed by atoms with van der Waals surface area (Å²) in [6, 6.07) is 18.3. The first kappa shape index (κ1) is 18.5. The van der Waals surface area contributed by atoms with Crippen LogP contribution in [0.1, 0.15) is 23.1 Å². The summed E-state index contributed by atoms with van der Waals surface area (Å²) in [5, 5.41) is 10.6. The highest BCUT2D eigenvalue weighted by Gasteiger charge is 2.10. The molecule has 0 saturated carbocycles. The van der Waals surface area contributed by atoms with Crippen LogP contribution in [0.15, 0.2) is 67.1 Å². The number of carbonyl (C=O) groups excluding carboxylic acids is 1. The van der Waals surface area contributed by atoms with Gasteiger partial charge in [0.1, 0.15) is 6.33 Å². The Balaban J connectivity index is 1.25. The molecule has 1 aliphatic heterocycles. The van der Waals surface area contributed by atoms with Gasteiger partial charge in [-0.25, -0.2) is 9.50 Å². The van der Waals surface area contributed by atoms with Crippen molar-refractivity contribution < 1.29 is 4.79 Å². The van der Waals surface area contributed by atoms with Crippen LogP contribution in [0.2, 0.25) is 0 Å². The summed E-state index contributed by atoms with van der Waals surface area (Å²) >= 11 is 0. The van der Waals surface area contributed by atoms with Gasteiger partial charge < -0.3 is 10.6 Å². The standard InChI is InChI=1S/C24H23N5O/c30-24(28-22-8-7-18-2-1-10-25-15-21(18)13-22)12-17-3-5-19(6-4-17)20-9-11-29-23(14-20)26-16-27-29/h3-9,11,13-14,16,25H,1-2,10,12,15H2,(H,28,30). The first-order valence-corrected chi connectivity index (χ1v) is 10.3. The fraction of sp³-hybridized carbons (Fsp3) is 0.208. The van der Waals surface area contributed by atoms with Crippen LogP contribution >= 0.6 is 0 Å². The Labute approximate surface area is 175 Å². The Hall–Kier alpha value is -3.51. The molecule has 4 aromatic rings. The third kappa shape index (κ3) is 3.95. The zero-order chi connectivity index (χ0) is 20.3. The fourth-order valence-corrected chi connectivity index (χ4v) is 3.94. The number of hydrogen-bond donors (Lipinski definition) is 2. The van der Waals surface area contributed by atoms with Crippen molar-refractivity contribution in [2.24, 2.45) is 0 Å². The molecule has 5 rings (SSSR count). The molecule has 2 N–H and O–H groups in total. The molecular weight excluding hydrogens is 374 g/mol. The normalized spacial score (nSPS) is 13.6. The summed E-state index contributed by atoms with van der Waals surface area (Å²) in [6.45, 7) is 1.90. The average Bonchev–Trinajstić information content (AvgIpc) is 3.11. The number of aromatic nitrogens is 3. The molecule has 150 valence electrons. The number of benzene rings is 2. The molecule has 0 radical (unpaired) electrons. The average molecular weight is 397 g/mol. The van der Waals surface area contributed by atoms with Gasteiger partial charge in [-0.3, -0.25) is 4.79 Å². The number of pyridine rings is 1. The summed E-state index contributed by atoms with van der Waals surface area (Å²) in [7, 11) is 0. The lowest BCUT2D eigenvalue weighted by Gasteiger charge is -2.10. The maximum absolute atomic E-state index is 12.5. The van der Waals surface area contributed by atoms with E-state index in [-0.39, 0.29) is 5.91 Å². The summed E-state index contributed by atoms with van der Waals surface area (Å²) in [4.78, 5) is 16.8. The van der Waals surface area contributed by atoms with E-state index in [4.69, 9.17) is 0 Å². The summed E-state index contributed by atoms with van der Waals surface area (Å²) in [5.41, 5.74) is 7.47. The maximum atomic E-state index is 12.5. The van der Waals surface area contributed by atoms with Crippen LogP contribution in [0.5, 0.6) is 0 Å². The molecule has 0 fully saturated rings. The number of carbonyl (C=O) groups is 1. The molecule has 0 atom stereocenters. The molecule has 0 bridgehead atoms. The molecule has 1 amide bonds. The van der Waals surface area contributed by atoms with Crippen molar-refractivity contribution in [2.45, 2.75) is 25.8 Å². The van der Waals surface area contributed by atoms with E-state index in [1.54, 1.807) is 10.8 Å². The van der Waals surface area contributed by atoms with E-state index in [1.807, 2.05) is 48.7 Å². The van der Waals surface area contributed by atoms with Crippen LogP contribution in [0, 0.1) is 0 Å². The minimum atomic E-state index is -0.00541. The van der Waals surface area contributed by atoms with Gasteiger partial charge in [-0.05, 0) is 71.5 Å². The lowest BCUT2D eigenvalue weighted by Crippen LogP contribution is -2.15. The fourth-order valence-electron chi connectivity index (χ4n) is 3.94. The first-order valence-electron chi connectivity index (χ1n) is 10.3. The number of nitrogens with one attached hydrogen (secondary N) is 2. The van der Waals surface area contributed by atoms with Crippen molar-refractivity contribution in [3.63, 3.8) is 0 Å². The van der Waals surface area contributed by atoms with Gasteiger partial charge in [-0.15, -0.1) is 0 Å². The van der Waals surface area contributed by atoms with E-state index in [0.717, 1.165) is 54.0 Å². The predicted molar refractivity (Wildman–Crippen MR) is 117 cm³/mol. The molecule has 3 heterocycles. The van der Waals surface area contributed by atoms with E-state index in [0.29, 0.717) is 6.42 Å². The van der Waals surface area contributed by atoms with Crippen molar-refractivity contribution in [1.82, 2.24) is 19.9 Å². The molecule has 2 aromatic heterocycles. The van der Waals surface area contributed by atoms with E-state index in [9.17, 15) is 4.79 Å². The zero-order valence-corrected chi connectivity index (χ0v) is 16.6. The third-order valence-corrected chi connectivity index (χ3v) is 5.54. The minimum absolute atomic E-state index is 0.00541. The Morgan fingerprint density at radius 3 is 2.83 bits per heavy atom. The molecule has 0 aliphatic carbocycles. The Morgan fingerprint density at radius 2 is 1.93 bits per heavy atom. The smallest absolute Gasteiger partial charge is 0.228 e. The maximum Gasteiger partial charge on any atom is 0.228 e. The molecule has 1 aliphatic rings.